The molecule has 33 heavy (non-hydrogen) atoms. The van der Waals surface area contributed by atoms with Gasteiger partial charge in [-0.3, -0.25) is 14.6 Å². The van der Waals surface area contributed by atoms with E-state index in [1.807, 2.05) is 12.1 Å². The molecule has 1 unspecified atom stereocenters. The molecule has 0 bridgehead atoms. The molecule has 0 aliphatic carbocycles. The summed E-state index contributed by atoms with van der Waals surface area (Å²) in [5.41, 5.74) is 1.69. The van der Waals surface area contributed by atoms with Crippen molar-refractivity contribution in [3.05, 3.63) is 94.3 Å². The van der Waals surface area contributed by atoms with Crippen LogP contribution in [-0.2, 0) is 16.1 Å². The van der Waals surface area contributed by atoms with E-state index >= 15 is 0 Å². The Morgan fingerprint density at radius 1 is 1.09 bits per heavy atom. The van der Waals surface area contributed by atoms with Crippen molar-refractivity contribution in [3.63, 3.8) is 0 Å². The Balaban J connectivity index is 1.81. The fourth-order valence-electron chi connectivity index (χ4n) is 3.82. The minimum atomic E-state index is -0.818. The number of amides is 1. The lowest BCUT2D eigenvalue weighted by Gasteiger charge is -2.25. The van der Waals surface area contributed by atoms with Crippen LogP contribution < -0.4 is 9.47 Å². The lowest BCUT2D eigenvalue weighted by Crippen LogP contribution is -2.29. The zero-order valence-electron chi connectivity index (χ0n) is 18.0. The van der Waals surface area contributed by atoms with Crippen LogP contribution in [0.15, 0.2) is 72.6 Å². The van der Waals surface area contributed by atoms with Gasteiger partial charge in [-0.05, 0) is 47.5 Å². The summed E-state index contributed by atoms with van der Waals surface area (Å²) in [6.45, 7) is 0.161. The van der Waals surface area contributed by atoms with Crippen LogP contribution in [0.25, 0.3) is 5.76 Å². The Morgan fingerprint density at radius 2 is 1.85 bits per heavy atom. The number of carbonyl (C=O) groups is 2. The highest BCUT2D eigenvalue weighted by molar-refractivity contribution is 6.46. The number of carbonyl (C=O) groups excluding carboxylic acids is 2. The van der Waals surface area contributed by atoms with E-state index in [0.29, 0.717) is 22.6 Å². The Hall–Kier alpha value is -3.84. The summed E-state index contributed by atoms with van der Waals surface area (Å²) in [7, 11) is 3.05. The molecule has 1 aromatic heterocycles. The van der Waals surface area contributed by atoms with Crippen molar-refractivity contribution in [3.8, 4) is 11.5 Å². The van der Waals surface area contributed by atoms with Crippen LogP contribution in [0.5, 0.6) is 11.5 Å². The van der Waals surface area contributed by atoms with E-state index in [1.165, 1.54) is 18.1 Å². The molecular weight excluding hydrogens is 444 g/mol. The largest absolute Gasteiger partial charge is 0.507 e. The van der Waals surface area contributed by atoms with Crippen LogP contribution >= 0.6 is 11.6 Å². The zero-order chi connectivity index (χ0) is 23.5. The van der Waals surface area contributed by atoms with Crippen LogP contribution in [0, 0.1) is 0 Å². The highest BCUT2D eigenvalue weighted by atomic mass is 35.5. The monoisotopic (exact) mass is 464 g/mol. The standard InChI is InChI=1S/C25H21ClN2O5/c1-32-18-8-5-15(6-9-18)14-28-22(17-4-3-11-27-13-17)21(24(30)25(28)31)23(29)16-7-10-20(33-2)19(26)12-16/h3-13,22,29H,14H2,1-2H3/b23-21-. The van der Waals surface area contributed by atoms with Crippen molar-refractivity contribution in [2.24, 2.45) is 0 Å². The summed E-state index contributed by atoms with van der Waals surface area (Å²) in [5.74, 6) is -0.690. The summed E-state index contributed by atoms with van der Waals surface area (Å²) in [4.78, 5) is 31.7. The van der Waals surface area contributed by atoms with E-state index in [9.17, 15) is 14.7 Å². The molecule has 168 valence electrons. The van der Waals surface area contributed by atoms with Crippen LogP contribution in [0.1, 0.15) is 22.7 Å². The molecule has 1 aliphatic rings. The maximum Gasteiger partial charge on any atom is 0.295 e. The molecule has 1 atom stereocenters. The van der Waals surface area contributed by atoms with Gasteiger partial charge in [0.1, 0.15) is 17.3 Å². The molecular formula is C25H21ClN2O5. The van der Waals surface area contributed by atoms with Gasteiger partial charge in [0.05, 0.1) is 30.9 Å². The lowest BCUT2D eigenvalue weighted by molar-refractivity contribution is -0.140. The highest BCUT2D eigenvalue weighted by Crippen LogP contribution is 2.40. The fraction of sp³-hybridized carbons (Fsp3) is 0.160. The highest BCUT2D eigenvalue weighted by Gasteiger charge is 2.46. The third-order valence-corrected chi connectivity index (χ3v) is 5.77. The second-order valence-electron chi connectivity index (χ2n) is 7.41. The number of likely N-dealkylation sites (tertiary alicyclic amines) is 1. The molecule has 1 saturated heterocycles. The van der Waals surface area contributed by atoms with Gasteiger partial charge in [-0.15, -0.1) is 0 Å². The number of nitrogens with zero attached hydrogens (tertiary/aromatic N) is 2. The van der Waals surface area contributed by atoms with Crippen molar-refractivity contribution in [2.75, 3.05) is 14.2 Å². The maximum absolute atomic E-state index is 13.1. The molecule has 1 amide bonds. The van der Waals surface area contributed by atoms with Gasteiger partial charge in [-0.2, -0.15) is 0 Å². The first kappa shape index (κ1) is 22.4. The molecule has 2 heterocycles. The number of halogens is 1. The van der Waals surface area contributed by atoms with E-state index in [4.69, 9.17) is 21.1 Å². The SMILES string of the molecule is COc1ccc(CN2C(=O)C(=O)/C(=C(\O)c3ccc(OC)c(Cl)c3)C2c2cccnc2)cc1. The van der Waals surface area contributed by atoms with E-state index in [-0.39, 0.29) is 22.9 Å². The van der Waals surface area contributed by atoms with Crippen molar-refractivity contribution in [1.82, 2.24) is 9.88 Å². The average molecular weight is 465 g/mol. The summed E-state index contributed by atoms with van der Waals surface area (Å²) in [5, 5.41) is 11.4. The minimum Gasteiger partial charge on any atom is -0.507 e. The smallest absolute Gasteiger partial charge is 0.295 e. The normalized spacial score (nSPS) is 17.3. The van der Waals surface area contributed by atoms with Crippen LogP contribution in [-0.4, -0.2) is 40.9 Å². The lowest BCUT2D eigenvalue weighted by atomic mass is 9.96. The number of hydrogen-bond donors (Lipinski definition) is 1. The Labute approximate surface area is 195 Å². The number of aromatic nitrogens is 1. The predicted octanol–water partition coefficient (Wildman–Crippen LogP) is 4.37. The number of aliphatic hydroxyl groups excluding tert-OH is 1. The van der Waals surface area contributed by atoms with Gasteiger partial charge in [0, 0.05) is 24.5 Å². The number of benzene rings is 2. The predicted molar refractivity (Wildman–Crippen MR) is 123 cm³/mol. The number of pyridine rings is 1. The Kier molecular flexibility index (Phi) is 6.33. The molecule has 0 radical (unpaired) electrons. The van der Waals surface area contributed by atoms with Gasteiger partial charge in [-0.1, -0.05) is 29.8 Å². The quantitative estimate of drug-likeness (QED) is 0.331. The first-order valence-electron chi connectivity index (χ1n) is 10.1. The van der Waals surface area contributed by atoms with E-state index in [1.54, 1.807) is 55.9 Å². The van der Waals surface area contributed by atoms with Crippen LogP contribution in [0.4, 0.5) is 0 Å². The Bertz CT molecular complexity index is 1230. The fourth-order valence-corrected chi connectivity index (χ4v) is 4.08. The summed E-state index contributed by atoms with van der Waals surface area (Å²) in [6.07, 6.45) is 3.17. The second-order valence-corrected chi connectivity index (χ2v) is 7.82. The molecule has 8 heteroatoms. The molecule has 7 nitrogen and oxygen atoms in total. The van der Waals surface area contributed by atoms with Crippen molar-refractivity contribution in [2.45, 2.75) is 12.6 Å². The average Bonchev–Trinajstić information content (AvgIpc) is 3.09. The number of rotatable bonds is 6. The molecule has 4 rings (SSSR count). The van der Waals surface area contributed by atoms with Gasteiger partial charge in [-0.25, -0.2) is 0 Å². The van der Waals surface area contributed by atoms with Crippen molar-refractivity contribution < 1.29 is 24.2 Å². The maximum atomic E-state index is 13.1. The molecule has 0 saturated carbocycles. The Morgan fingerprint density at radius 3 is 2.45 bits per heavy atom. The number of aliphatic hydroxyl groups is 1. The summed E-state index contributed by atoms with van der Waals surface area (Å²) < 4.78 is 10.3. The van der Waals surface area contributed by atoms with Gasteiger partial charge in [0.25, 0.3) is 11.7 Å². The molecule has 2 aromatic carbocycles. The van der Waals surface area contributed by atoms with Gasteiger partial charge < -0.3 is 19.5 Å². The zero-order valence-corrected chi connectivity index (χ0v) is 18.7. The van der Waals surface area contributed by atoms with E-state index in [0.717, 1.165) is 5.56 Å². The van der Waals surface area contributed by atoms with E-state index < -0.39 is 17.7 Å². The summed E-state index contributed by atoms with van der Waals surface area (Å²) in [6, 6.07) is 14.5. The second kappa shape index (κ2) is 9.34. The van der Waals surface area contributed by atoms with Crippen molar-refractivity contribution >= 4 is 29.1 Å². The van der Waals surface area contributed by atoms with Gasteiger partial charge in [0.15, 0.2) is 0 Å². The molecule has 1 N–H and O–H groups in total. The number of ether oxygens (including phenoxy) is 2. The van der Waals surface area contributed by atoms with Crippen molar-refractivity contribution in [1.29, 1.82) is 0 Å². The van der Waals surface area contributed by atoms with Gasteiger partial charge in [0.2, 0.25) is 0 Å². The van der Waals surface area contributed by atoms with E-state index in [2.05, 4.69) is 4.98 Å². The van der Waals surface area contributed by atoms with Gasteiger partial charge >= 0.3 is 0 Å². The summed E-state index contributed by atoms with van der Waals surface area (Å²) >= 11 is 6.22. The number of Topliss-reactive ketones (excluding diaryl/α,β-unsaturated/α-hetero) is 1. The third kappa shape index (κ3) is 4.27. The molecule has 0 spiro atoms. The number of methoxy groups -OCH3 is 2. The molecule has 3 aromatic rings. The molecule has 1 aliphatic heterocycles. The van der Waals surface area contributed by atoms with Crippen LogP contribution in [0.2, 0.25) is 5.02 Å². The topological polar surface area (TPSA) is 89.0 Å². The van der Waals surface area contributed by atoms with Crippen LogP contribution in [0.3, 0.4) is 0 Å². The first-order chi connectivity index (χ1) is 15.9. The minimum absolute atomic E-state index is 0.0252. The third-order valence-electron chi connectivity index (χ3n) is 5.48. The number of ketones is 1. The number of hydrogen-bond acceptors (Lipinski definition) is 6. The first-order valence-corrected chi connectivity index (χ1v) is 10.5. The molecule has 1 fully saturated rings.